The van der Waals surface area contributed by atoms with Crippen LogP contribution >= 0.6 is 0 Å². The number of carboxylic acids is 1. The number of amides is 2. The van der Waals surface area contributed by atoms with E-state index in [1.54, 1.807) is 24.3 Å². The number of aryl methyl sites for hydroxylation is 1. The molecule has 2 amide bonds. The van der Waals surface area contributed by atoms with Crippen LogP contribution in [0.1, 0.15) is 36.5 Å². The van der Waals surface area contributed by atoms with Gasteiger partial charge in [0.15, 0.2) is 0 Å². The van der Waals surface area contributed by atoms with Crippen molar-refractivity contribution in [1.82, 2.24) is 5.32 Å². The van der Waals surface area contributed by atoms with E-state index in [4.69, 9.17) is 5.11 Å². The molecular formula is C22H26N2O4. The number of aliphatic carboxylic acids is 1. The second kappa shape index (κ2) is 10.9. The SMILES string of the molecule is CCCCc1ccc(CC(=O)Nc2ccc(CC(=O)NCC(=O)O)cc2)cc1. The largest absolute Gasteiger partial charge is 0.480 e. The topological polar surface area (TPSA) is 95.5 Å². The van der Waals surface area contributed by atoms with Gasteiger partial charge in [-0.1, -0.05) is 49.7 Å². The highest BCUT2D eigenvalue weighted by atomic mass is 16.4. The molecule has 2 rings (SSSR count). The molecule has 0 aliphatic heterocycles. The summed E-state index contributed by atoms with van der Waals surface area (Å²) in [6.45, 7) is 1.77. The number of rotatable bonds is 10. The average molecular weight is 382 g/mol. The molecule has 0 radical (unpaired) electrons. The van der Waals surface area contributed by atoms with Gasteiger partial charge >= 0.3 is 5.97 Å². The van der Waals surface area contributed by atoms with Crippen molar-refractivity contribution >= 4 is 23.5 Å². The standard InChI is InChI=1S/C22H26N2O4/c1-2-3-4-16-5-7-17(8-6-16)14-21(26)24-19-11-9-18(10-12-19)13-20(25)23-15-22(27)28/h5-12H,2-4,13-15H2,1H3,(H,23,25)(H,24,26)(H,27,28). The Morgan fingerprint density at radius 3 is 1.93 bits per heavy atom. The van der Waals surface area contributed by atoms with E-state index >= 15 is 0 Å². The molecule has 0 atom stereocenters. The number of nitrogens with one attached hydrogen (secondary N) is 2. The van der Waals surface area contributed by atoms with Crippen LogP contribution in [0.4, 0.5) is 5.69 Å². The molecule has 0 bridgehead atoms. The Bertz CT molecular complexity index is 798. The second-order valence-corrected chi connectivity index (χ2v) is 6.69. The number of benzene rings is 2. The number of carbonyl (C=O) groups is 3. The number of hydrogen-bond donors (Lipinski definition) is 3. The predicted molar refractivity (Wildman–Crippen MR) is 108 cm³/mol. The lowest BCUT2D eigenvalue weighted by Gasteiger charge is -2.08. The summed E-state index contributed by atoms with van der Waals surface area (Å²) in [5, 5.41) is 13.7. The van der Waals surface area contributed by atoms with Gasteiger partial charge in [0, 0.05) is 5.69 Å². The second-order valence-electron chi connectivity index (χ2n) is 6.69. The van der Waals surface area contributed by atoms with Gasteiger partial charge in [-0.05, 0) is 41.7 Å². The third-order valence-electron chi connectivity index (χ3n) is 4.25. The monoisotopic (exact) mass is 382 g/mol. The first-order chi connectivity index (χ1) is 13.5. The Labute approximate surface area is 165 Å². The van der Waals surface area contributed by atoms with Crippen LogP contribution < -0.4 is 10.6 Å². The van der Waals surface area contributed by atoms with Crippen molar-refractivity contribution < 1.29 is 19.5 Å². The van der Waals surface area contributed by atoms with Crippen molar-refractivity contribution in [2.24, 2.45) is 0 Å². The van der Waals surface area contributed by atoms with Gasteiger partial charge in [-0.2, -0.15) is 0 Å². The summed E-state index contributed by atoms with van der Waals surface area (Å²) in [5.74, 6) is -1.54. The zero-order chi connectivity index (χ0) is 20.4. The van der Waals surface area contributed by atoms with E-state index in [1.807, 2.05) is 12.1 Å². The van der Waals surface area contributed by atoms with E-state index in [0.29, 0.717) is 12.1 Å². The van der Waals surface area contributed by atoms with Crippen molar-refractivity contribution in [3.05, 3.63) is 65.2 Å². The molecule has 0 saturated heterocycles. The maximum Gasteiger partial charge on any atom is 0.322 e. The fourth-order valence-electron chi connectivity index (χ4n) is 2.72. The van der Waals surface area contributed by atoms with Crippen molar-refractivity contribution in [3.8, 4) is 0 Å². The fraction of sp³-hybridized carbons (Fsp3) is 0.318. The molecule has 2 aromatic rings. The zero-order valence-electron chi connectivity index (χ0n) is 16.0. The first-order valence-electron chi connectivity index (χ1n) is 9.41. The third-order valence-corrected chi connectivity index (χ3v) is 4.25. The van der Waals surface area contributed by atoms with Crippen LogP contribution in [0.2, 0.25) is 0 Å². The summed E-state index contributed by atoms with van der Waals surface area (Å²) in [7, 11) is 0. The van der Waals surface area contributed by atoms with Gasteiger partial charge in [0.25, 0.3) is 0 Å². The van der Waals surface area contributed by atoms with Crippen molar-refractivity contribution in [2.75, 3.05) is 11.9 Å². The van der Waals surface area contributed by atoms with Gasteiger partial charge in [0.1, 0.15) is 6.54 Å². The summed E-state index contributed by atoms with van der Waals surface area (Å²) < 4.78 is 0. The lowest BCUT2D eigenvalue weighted by Crippen LogP contribution is -2.30. The molecular weight excluding hydrogens is 356 g/mol. The number of unbranched alkanes of at least 4 members (excludes halogenated alkanes) is 1. The molecule has 6 heteroatoms. The first-order valence-corrected chi connectivity index (χ1v) is 9.41. The number of hydrogen-bond acceptors (Lipinski definition) is 3. The Kier molecular flexibility index (Phi) is 8.21. The normalized spacial score (nSPS) is 10.3. The highest BCUT2D eigenvalue weighted by Gasteiger charge is 2.07. The van der Waals surface area contributed by atoms with Gasteiger partial charge in [-0.15, -0.1) is 0 Å². The van der Waals surface area contributed by atoms with Crippen LogP contribution in [-0.4, -0.2) is 29.4 Å². The van der Waals surface area contributed by atoms with E-state index in [9.17, 15) is 14.4 Å². The van der Waals surface area contributed by atoms with Crippen LogP contribution in [0.25, 0.3) is 0 Å². The molecule has 0 spiro atoms. The summed E-state index contributed by atoms with van der Waals surface area (Å²) in [6.07, 6.45) is 3.77. The predicted octanol–water partition coefficient (Wildman–Crippen LogP) is 2.95. The van der Waals surface area contributed by atoms with E-state index in [0.717, 1.165) is 30.4 Å². The summed E-state index contributed by atoms with van der Waals surface area (Å²) >= 11 is 0. The van der Waals surface area contributed by atoms with Crippen molar-refractivity contribution in [1.29, 1.82) is 0 Å². The van der Waals surface area contributed by atoms with Gasteiger partial charge < -0.3 is 15.7 Å². The Morgan fingerprint density at radius 1 is 0.821 bits per heavy atom. The lowest BCUT2D eigenvalue weighted by atomic mass is 10.0. The number of anilines is 1. The molecule has 0 aliphatic rings. The minimum absolute atomic E-state index is 0.0892. The first kappa shape index (κ1) is 21.2. The van der Waals surface area contributed by atoms with E-state index in [-0.39, 0.29) is 18.2 Å². The molecule has 0 fully saturated rings. The molecule has 28 heavy (non-hydrogen) atoms. The molecule has 0 aromatic heterocycles. The van der Waals surface area contributed by atoms with Crippen molar-refractivity contribution in [2.45, 2.75) is 39.0 Å². The van der Waals surface area contributed by atoms with E-state index < -0.39 is 12.5 Å². The van der Waals surface area contributed by atoms with Crippen LogP contribution in [0.5, 0.6) is 0 Å². The van der Waals surface area contributed by atoms with Crippen molar-refractivity contribution in [3.63, 3.8) is 0 Å². The molecule has 0 heterocycles. The van der Waals surface area contributed by atoms with E-state index in [2.05, 4.69) is 29.7 Å². The van der Waals surface area contributed by atoms with Crippen LogP contribution in [0.15, 0.2) is 48.5 Å². The third kappa shape index (κ3) is 7.61. The van der Waals surface area contributed by atoms with Crippen LogP contribution in [0.3, 0.4) is 0 Å². The zero-order valence-corrected chi connectivity index (χ0v) is 16.0. The van der Waals surface area contributed by atoms with Gasteiger partial charge in [-0.25, -0.2) is 0 Å². The molecule has 3 N–H and O–H groups in total. The number of carbonyl (C=O) groups excluding carboxylic acids is 2. The fourth-order valence-corrected chi connectivity index (χ4v) is 2.72. The Balaban J connectivity index is 1.82. The minimum atomic E-state index is -1.08. The summed E-state index contributed by atoms with van der Waals surface area (Å²) in [5.41, 5.74) is 3.64. The van der Waals surface area contributed by atoms with Gasteiger partial charge in [-0.3, -0.25) is 14.4 Å². The van der Waals surface area contributed by atoms with Crippen LogP contribution in [-0.2, 0) is 33.6 Å². The highest BCUT2D eigenvalue weighted by molar-refractivity contribution is 5.92. The lowest BCUT2D eigenvalue weighted by molar-refractivity contribution is -0.137. The average Bonchev–Trinajstić information content (AvgIpc) is 2.67. The Hall–Kier alpha value is -3.15. The van der Waals surface area contributed by atoms with Gasteiger partial charge in [0.05, 0.1) is 12.8 Å². The molecule has 0 aliphatic carbocycles. The summed E-state index contributed by atoms with van der Waals surface area (Å²) in [4.78, 5) is 34.3. The van der Waals surface area contributed by atoms with Gasteiger partial charge in [0.2, 0.25) is 11.8 Å². The summed E-state index contributed by atoms with van der Waals surface area (Å²) in [6, 6.07) is 15.0. The number of carboxylic acid groups (broad SMARTS) is 1. The smallest absolute Gasteiger partial charge is 0.322 e. The molecule has 2 aromatic carbocycles. The minimum Gasteiger partial charge on any atom is -0.480 e. The maximum absolute atomic E-state index is 12.2. The molecule has 0 unspecified atom stereocenters. The molecule has 6 nitrogen and oxygen atoms in total. The molecule has 148 valence electrons. The quantitative estimate of drug-likeness (QED) is 0.589. The maximum atomic E-state index is 12.2. The molecule has 0 saturated carbocycles. The van der Waals surface area contributed by atoms with Crippen LogP contribution in [0, 0.1) is 0 Å². The Morgan fingerprint density at radius 2 is 1.36 bits per heavy atom. The van der Waals surface area contributed by atoms with E-state index in [1.165, 1.54) is 5.56 Å². The highest BCUT2D eigenvalue weighted by Crippen LogP contribution is 2.12.